The van der Waals surface area contributed by atoms with Crippen molar-refractivity contribution in [1.29, 1.82) is 0 Å². The summed E-state index contributed by atoms with van der Waals surface area (Å²) in [6.07, 6.45) is 0. The second kappa shape index (κ2) is 3.27. The molecule has 0 radical (unpaired) electrons. The van der Waals surface area contributed by atoms with E-state index in [0.29, 0.717) is 0 Å². The summed E-state index contributed by atoms with van der Waals surface area (Å²) >= 11 is 1.19. The van der Waals surface area contributed by atoms with Crippen LogP contribution in [-0.2, 0) is 9.59 Å². The lowest BCUT2D eigenvalue weighted by atomic mass is 10.1. The molecule has 2 amide bonds. The molecule has 1 aromatic rings. The van der Waals surface area contributed by atoms with Gasteiger partial charge in [-0.3, -0.25) is 9.59 Å². The van der Waals surface area contributed by atoms with Crippen LogP contribution in [0.25, 0.3) is 0 Å². The van der Waals surface area contributed by atoms with E-state index in [1.807, 2.05) is 18.2 Å². The van der Waals surface area contributed by atoms with Gasteiger partial charge in [0.1, 0.15) is 0 Å². The Bertz CT molecular complexity index is 447. The number of anilines is 1. The number of amides is 2. The van der Waals surface area contributed by atoms with E-state index in [9.17, 15) is 9.59 Å². The van der Waals surface area contributed by atoms with Gasteiger partial charge in [-0.15, -0.1) is 0 Å². The molecular weight excluding hydrogens is 212 g/mol. The molecule has 4 nitrogen and oxygen atoms in total. The molecule has 0 fully saturated rings. The highest BCUT2D eigenvalue weighted by atomic mass is 32.2. The predicted octanol–water partition coefficient (Wildman–Crippen LogP) is 0.975. The molecule has 1 aliphatic rings. The van der Waals surface area contributed by atoms with Crippen LogP contribution >= 0.6 is 11.8 Å². The topological polar surface area (TPSA) is 72.2 Å². The molecule has 1 aliphatic heterocycles. The molecule has 0 saturated carbocycles. The van der Waals surface area contributed by atoms with Crippen LogP contribution in [0.15, 0.2) is 29.2 Å². The van der Waals surface area contributed by atoms with Gasteiger partial charge in [-0.2, -0.15) is 0 Å². The van der Waals surface area contributed by atoms with Gasteiger partial charge < -0.3 is 11.1 Å². The molecule has 0 spiro atoms. The van der Waals surface area contributed by atoms with Crippen LogP contribution in [-0.4, -0.2) is 16.6 Å². The van der Waals surface area contributed by atoms with Crippen molar-refractivity contribution in [2.45, 2.75) is 16.6 Å². The summed E-state index contributed by atoms with van der Waals surface area (Å²) in [4.78, 5) is 23.8. The first kappa shape index (κ1) is 10.0. The van der Waals surface area contributed by atoms with Crippen molar-refractivity contribution in [2.24, 2.45) is 5.73 Å². The van der Waals surface area contributed by atoms with E-state index in [2.05, 4.69) is 5.32 Å². The zero-order chi connectivity index (χ0) is 11.1. The van der Waals surface area contributed by atoms with Crippen LogP contribution in [0.5, 0.6) is 0 Å². The Morgan fingerprint density at radius 2 is 2.13 bits per heavy atom. The number of hydrogen-bond donors (Lipinski definition) is 2. The smallest absolute Gasteiger partial charge is 0.250 e. The normalized spacial score (nSPS) is 24.2. The van der Waals surface area contributed by atoms with Gasteiger partial charge in [0, 0.05) is 4.90 Å². The minimum atomic E-state index is -1.21. The maximum atomic E-state index is 11.7. The number of carbonyl (C=O) groups is 2. The van der Waals surface area contributed by atoms with E-state index in [1.54, 1.807) is 6.07 Å². The Hall–Kier alpha value is -1.49. The van der Waals surface area contributed by atoms with E-state index < -0.39 is 10.7 Å². The van der Waals surface area contributed by atoms with Crippen LogP contribution in [0.3, 0.4) is 0 Å². The van der Waals surface area contributed by atoms with Crippen LogP contribution in [0, 0.1) is 0 Å². The molecule has 1 aromatic carbocycles. The van der Waals surface area contributed by atoms with Gasteiger partial charge in [0.25, 0.3) is 0 Å². The molecule has 2 rings (SSSR count). The molecule has 1 atom stereocenters. The maximum Gasteiger partial charge on any atom is 0.250 e. The zero-order valence-corrected chi connectivity index (χ0v) is 8.93. The van der Waals surface area contributed by atoms with Crippen molar-refractivity contribution < 1.29 is 9.59 Å². The average Bonchev–Trinajstić information content (AvgIpc) is 2.19. The average molecular weight is 222 g/mol. The third-order valence-electron chi connectivity index (χ3n) is 2.35. The Kier molecular flexibility index (Phi) is 2.19. The summed E-state index contributed by atoms with van der Waals surface area (Å²) in [6, 6.07) is 7.32. The van der Waals surface area contributed by atoms with Crippen molar-refractivity contribution in [3.63, 3.8) is 0 Å². The lowest BCUT2D eigenvalue weighted by Gasteiger charge is -2.30. The number of fused-ring (bicyclic) bond motifs is 1. The summed E-state index contributed by atoms with van der Waals surface area (Å²) in [5, 5.41) is 2.67. The molecular formula is C10H10N2O2S. The standard InChI is InChI=1S/C10H10N2O2S/c1-10(8(11)13)9(14)12-6-4-2-3-5-7(6)15-10/h2-5H,1H3,(H2,11,13)(H,12,14)/t10-/m0/s1. The first-order chi connectivity index (χ1) is 7.04. The van der Waals surface area contributed by atoms with E-state index in [-0.39, 0.29) is 5.91 Å². The summed E-state index contributed by atoms with van der Waals surface area (Å²) in [5.74, 6) is -0.988. The fraction of sp³-hybridized carbons (Fsp3) is 0.200. The second-order valence-electron chi connectivity index (χ2n) is 3.45. The first-order valence-electron chi connectivity index (χ1n) is 4.43. The highest BCUT2D eigenvalue weighted by Crippen LogP contribution is 2.41. The van der Waals surface area contributed by atoms with Crippen LogP contribution in [0.2, 0.25) is 0 Å². The largest absolute Gasteiger partial charge is 0.368 e. The third-order valence-corrected chi connectivity index (χ3v) is 3.72. The maximum absolute atomic E-state index is 11.7. The predicted molar refractivity (Wildman–Crippen MR) is 58.5 cm³/mol. The van der Waals surface area contributed by atoms with Crippen molar-refractivity contribution >= 4 is 29.3 Å². The number of nitrogens with two attached hydrogens (primary N) is 1. The fourth-order valence-corrected chi connectivity index (χ4v) is 2.39. The summed E-state index contributed by atoms with van der Waals surface area (Å²) in [6.45, 7) is 1.53. The Morgan fingerprint density at radius 3 is 2.80 bits per heavy atom. The number of primary amides is 1. The fourth-order valence-electron chi connectivity index (χ4n) is 1.33. The lowest BCUT2D eigenvalue weighted by molar-refractivity contribution is -0.127. The molecule has 78 valence electrons. The van der Waals surface area contributed by atoms with E-state index in [4.69, 9.17) is 5.73 Å². The summed E-state index contributed by atoms with van der Waals surface area (Å²) in [7, 11) is 0. The van der Waals surface area contributed by atoms with Crippen molar-refractivity contribution in [3.05, 3.63) is 24.3 Å². The Balaban J connectivity index is 2.46. The molecule has 0 aliphatic carbocycles. The SMILES string of the molecule is C[C@@]1(C(N)=O)Sc2ccccc2NC1=O. The Labute approximate surface area is 91.2 Å². The number of thioether (sulfide) groups is 1. The van der Waals surface area contributed by atoms with Gasteiger partial charge in [0.15, 0.2) is 4.75 Å². The van der Waals surface area contributed by atoms with Gasteiger partial charge in [0.05, 0.1) is 5.69 Å². The number of nitrogens with one attached hydrogen (secondary N) is 1. The third kappa shape index (κ3) is 1.48. The van der Waals surface area contributed by atoms with Gasteiger partial charge in [-0.05, 0) is 19.1 Å². The minimum absolute atomic E-state index is 0.362. The van der Waals surface area contributed by atoms with Crippen LogP contribution in [0.1, 0.15) is 6.92 Å². The van der Waals surface area contributed by atoms with Gasteiger partial charge >= 0.3 is 0 Å². The number of carbonyl (C=O) groups excluding carboxylic acids is 2. The van der Waals surface area contributed by atoms with Gasteiger partial charge in [-0.25, -0.2) is 0 Å². The monoisotopic (exact) mass is 222 g/mol. The summed E-state index contributed by atoms with van der Waals surface area (Å²) in [5.41, 5.74) is 5.96. The van der Waals surface area contributed by atoms with Crippen molar-refractivity contribution in [2.75, 3.05) is 5.32 Å². The van der Waals surface area contributed by atoms with E-state index >= 15 is 0 Å². The van der Waals surface area contributed by atoms with Gasteiger partial charge in [0.2, 0.25) is 11.8 Å². The van der Waals surface area contributed by atoms with Crippen LogP contribution in [0.4, 0.5) is 5.69 Å². The number of para-hydroxylation sites is 1. The van der Waals surface area contributed by atoms with Crippen LogP contribution < -0.4 is 11.1 Å². The summed E-state index contributed by atoms with van der Waals surface area (Å²) < 4.78 is -1.21. The van der Waals surface area contributed by atoms with Crippen molar-refractivity contribution in [1.82, 2.24) is 0 Å². The van der Waals surface area contributed by atoms with E-state index in [1.165, 1.54) is 18.7 Å². The molecule has 1 heterocycles. The molecule has 15 heavy (non-hydrogen) atoms. The second-order valence-corrected chi connectivity index (χ2v) is 4.91. The number of benzene rings is 1. The number of hydrogen-bond acceptors (Lipinski definition) is 3. The Morgan fingerprint density at radius 1 is 1.47 bits per heavy atom. The molecule has 0 bridgehead atoms. The lowest BCUT2D eigenvalue weighted by Crippen LogP contribution is -2.50. The molecule has 3 N–H and O–H groups in total. The molecule has 0 aromatic heterocycles. The number of rotatable bonds is 1. The zero-order valence-electron chi connectivity index (χ0n) is 8.11. The van der Waals surface area contributed by atoms with Crippen molar-refractivity contribution in [3.8, 4) is 0 Å². The molecule has 0 saturated heterocycles. The molecule has 5 heteroatoms. The van der Waals surface area contributed by atoms with Gasteiger partial charge in [-0.1, -0.05) is 23.9 Å². The highest BCUT2D eigenvalue weighted by molar-refractivity contribution is 8.02. The molecule has 0 unspecified atom stereocenters. The quantitative estimate of drug-likeness (QED) is 0.695. The highest BCUT2D eigenvalue weighted by Gasteiger charge is 2.44. The van der Waals surface area contributed by atoms with E-state index in [0.717, 1.165) is 10.6 Å². The minimum Gasteiger partial charge on any atom is -0.368 e. The first-order valence-corrected chi connectivity index (χ1v) is 5.25.